The van der Waals surface area contributed by atoms with Crippen LogP contribution < -0.4 is 9.47 Å². The second-order valence-corrected chi connectivity index (χ2v) is 5.16. The lowest BCUT2D eigenvalue weighted by Crippen LogP contribution is -2.01. The lowest BCUT2D eigenvalue weighted by Gasteiger charge is -2.09. The SMILES string of the molecule is CCOc1ccc(/C=C/C(=O)OCc2ccc(Cl)nc2)cc1OC. The molecule has 1 heterocycles. The molecule has 0 aliphatic heterocycles. The van der Waals surface area contributed by atoms with Crippen molar-refractivity contribution in [1.29, 1.82) is 0 Å². The van der Waals surface area contributed by atoms with Crippen molar-refractivity contribution >= 4 is 23.6 Å². The van der Waals surface area contributed by atoms with E-state index in [2.05, 4.69) is 4.98 Å². The highest BCUT2D eigenvalue weighted by Gasteiger charge is 2.05. The Kier molecular flexibility index (Phi) is 6.63. The maximum atomic E-state index is 11.8. The van der Waals surface area contributed by atoms with Gasteiger partial charge in [0, 0.05) is 17.8 Å². The first kappa shape index (κ1) is 17.8. The third-order valence-corrected chi connectivity index (χ3v) is 3.29. The van der Waals surface area contributed by atoms with Crippen LogP contribution in [0.3, 0.4) is 0 Å². The summed E-state index contributed by atoms with van der Waals surface area (Å²) in [5.41, 5.74) is 1.57. The van der Waals surface area contributed by atoms with Crippen LogP contribution >= 0.6 is 11.6 Å². The van der Waals surface area contributed by atoms with E-state index in [1.165, 1.54) is 6.08 Å². The molecule has 0 N–H and O–H groups in total. The van der Waals surface area contributed by atoms with Gasteiger partial charge in [0.25, 0.3) is 0 Å². The number of halogens is 1. The second kappa shape index (κ2) is 8.93. The van der Waals surface area contributed by atoms with Crippen LogP contribution in [-0.4, -0.2) is 24.7 Å². The maximum absolute atomic E-state index is 11.8. The van der Waals surface area contributed by atoms with Gasteiger partial charge in [-0.2, -0.15) is 0 Å². The number of aromatic nitrogens is 1. The van der Waals surface area contributed by atoms with Crippen LogP contribution in [-0.2, 0) is 16.1 Å². The van der Waals surface area contributed by atoms with Gasteiger partial charge in [-0.05, 0) is 36.8 Å². The average molecular weight is 348 g/mol. The first-order chi connectivity index (χ1) is 11.6. The summed E-state index contributed by atoms with van der Waals surface area (Å²) in [5, 5.41) is 0.398. The molecule has 6 heteroatoms. The number of methoxy groups -OCH3 is 1. The van der Waals surface area contributed by atoms with Gasteiger partial charge >= 0.3 is 5.97 Å². The van der Waals surface area contributed by atoms with Gasteiger partial charge in [-0.15, -0.1) is 0 Å². The van der Waals surface area contributed by atoms with Gasteiger partial charge in [0.1, 0.15) is 11.8 Å². The van der Waals surface area contributed by atoms with Crippen molar-refractivity contribution in [2.45, 2.75) is 13.5 Å². The third kappa shape index (κ3) is 5.28. The molecule has 0 aliphatic rings. The van der Waals surface area contributed by atoms with E-state index in [0.29, 0.717) is 23.3 Å². The summed E-state index contributed by atoms with van der Waals surface area (Å²) in [7, 11) is 1.57. The molecule has 0 saturated heterocycles. The van der Waals surface area contributed by atoms with E-state index in [4.69, 9.17) is 25.8 Å². The molecule has 1 aromatic heterocycles. The molecule has 24 heavy (non-hydrogen) atoms. The summed E-state index contributed by atoms with van der Waals surface area (Å²) >= 11 is 5.70. The molecule has 0 aliphatic carbocycles. The molecule has 0 atom stereocenters. The molecule has 0 amide bonds. The number of pyridine rings is 1. The standard InChI is InChI=1S/C18H18ClNO4/c1-3-23-15-7-4-13(10-16(15)22-2)6-9-18(21)24-12-14-5-8-17(19)20-11-14/h4-11H,3,12H2,1-2H3/b9-6+. The van der Waals surface area contributed by atoms with Crippen molar-refractivity contribution in [1.82, 2.24) is 4.98 Å². The summed E-state index contributed by atoms with van der Waals surface area (Å²) in [6.07, 6.45) is 4.58. The lowest BCUT2D eigenvalue weighted by molar-refractivity contribution is -0.138. The fourth-order valence-corrected chi connectivity index (χ4v) is 2.03. The zero-order valence-electron chi connectivity index (χ0n) is 13.5. The Morgan fingerprint density at radius 2 is 2.08 bits per heavy atom. The smallest absolute Gasteiger partial charge is 0.331 e. The largest absolute Gasteiger partial charge is 0.493 e. The van der Waals surface area contributed by atoms with E-state index in [0.717, 1.165) is 11.1 Å². The lowest BCUT2D eigenvalue weighted by atomic mass is 10.2. The van der Waals surface area contributed by atoms with Crippen molar-refractivity contribution in [2.24, 2.45) is 0 Å². The Hall–Kier alpha value is -2.53. The zero-order chi connectivity index (χ0) is 17.4. The molecule has 5 nitrogen and oxygen atoms in total. The Morgan fingerprint density at radius 1 is 1.25 bits per heavy atom. The second-order valence-electron chi connectivity index (χ2n) is 4.77. The first-order valence-corrected chi connectivity index (χ1v) is 7.76. The Morgan fingerprint density at radius 3 is 2.75 bits per heavy atom. The van der Waals surface area contributed by atoms with Crippen LogP contribution in [0.1, 0.15) is 18.1 Å². The molecule has 1 aromatic carbocycles. The van der Waals surface area contributed by atoms with Crippen molar-refractivity contribution in [2.75, 3.05) is 13.7 Å². The molecular weight excluding hydrogens is 330 g/mol. The number of hydrogen-bond acceptors (Lipinski definition) is 5. The van der Waals surface area contributed by atoms with Crippen LogP contribution in [0, 0.1) is 0 Å². The van der Waals surface area contributed by atoms with E-state index in [1.807, 2.05) is 13.0 Å². The van der Waals surface area contributed by atoms with E-state index >= 15 is 0 Å². The van der Waals surface area contributed by atoms with Crippen molar-refractivity contribution in [3.63, 3.8) is 0 Å². The molecule has 0 radical (unpaired) electrons. The molecule has 0 saturated carbocycles. The summed E-state index contributed by atoms with van der Waals surface area (Å²) < 4.78 is 15.9. The number of carbonyl (C=O) groups is 1. The number of carbonyl (C=O) groups excluding carboxylic acids is 1. The minimum absolute atomic E-state index is 0.139. The predicted octanol–water partition coefficient (Wildman–Crippen LogP) is 3.90. The zero-order valence-corrected chi connectivity index (χ0v) is 14.2. The quantitative estimate of drug-likeness (QED) is 0.432. The van der Waals surface area contributed by atoms with Gasteiger partial charge < -0.3 is 14.2 Å². The van der Waals surface area contributed by atoms with E-state index in [1.54, 1.807) is 43.6 Å². The Balaban J connectivity index is 1.94. The predicted molar refractivity (Wildman–Crippen MR) is 92.2 cm³/mol. The first-order valence-electron chi connectivity index (χ1n) is 7.38. The fraction of sp³-hybridized carbons (Fsp3) is 0.222. The molecule has 2 rings (SSSR count). The normalized spacial score (nSPS) is 10.6. The molecule has 2 aromatic rings. The highest BCUT2D eigenvalue weighted by Crippen LogP contribution is 2.28. The molecule has 126 valence electrons. The number of esters is 1. The van der Waals surface area contributed by atoms with E-state index < -0.39 is 5.97 Å². The third-order valence-electron chi connectivity index (χ3n) is 3.07. The molecule has 0 unspecified atom stereocenters. The average Bonchev–Trinajstić information content (AvgIpc) is 2.60. The monoisotopic (exact) mass is 347 g/mol. The summed E-state index contributed by atoms with van der Waals surface area (Å²) in [4.78, 5) is 15.7. The van der Waals surface area contributed by atoms with Gasteiger partial charge in [0.05, 0.1) is 13.7 Å². The van der Waals surface area contributed by atoms with E-state index in [-0.39, 0.29) is 6.61 Å². The molecule has 0 fully saturated rings. The van der Waals surface area contributed by atoms with Gasteiger partial charge in [-0.1, -0.05) is 23.7 Å². The number of nitrogens with zero attached hydrogens (tertiary/aromatic N) is 1. The fourth-order valence-electron chi connectivity index (χ4n) is 1.92. The Labute approximate surface area is 145 Å². The minimum atomic E-state index is -0.446. The van der Waals surface area contributed by atoms with Gasteiger partial charge in [-0.3, -0.25) is 0 Å². The summed E-state index contributed by atoms with van der Waals surface area (Å²) in [6, 6.07) is 8.82. The summed E-state index contributed by atoms with van der Waals surface area (Å²) in [6.45, 7) is 2.59. The molecular formula is C18H18ClNO4. The van der Waals surface area contributed by atoms with Crippen LogP contribution in [0.2, 0.25) is 5.15 Å². The minimum Gasteiger partial charge on any atom is -0.493 e. The van der Waals surface area contributed by atoms with Crippen molar-refractivity contribution in [3.8, 4) is 11.5 Å². The highest BCUT2D eigenvalue weighted by atomic mass is 35.5. The van der Waals surface area contributed by atoms with Crippen LogP contribution in [0.15, 0.2) is 42.6 Å². The summed E-state index contributed by atoms with van der Waals surface area (Å²) in [5.74, 6) is 0.826. The molecule has 0 spiro atoms. The van der Waals surface area contributed by atoms with Gasteiger partial charge in [-0.25, -0.2) is 9.78 Å². The van der Waals surface area contributed by atoms with Crippen LogP contribution in [0.25, 0.3) is 6.08 Å². The van der Waals surface area contributed by atoms with Crippen LogP contribution in [0.5, 0.6) is 11.5 Å². The molecule has 0 bridgehead atoms. The van der Waals surface area contributed by atoms with E-state index in [9.17, 15) is 4.79 Å². The number of ether oxygens (including phenoxy) is 3. The maximum Gasteiger partial charge on any atom is 0.331 e. The number of benzene rings is 1. The van der Waals surface area contributed by atoms with Crippen molar-refractivity contribution in [3.05, 3.63) is 58.9 Å². The van der Waals surface area contributed by atoms with Crippen LogP contribution in [0.4, 0.5) is 0 Å². The topological polar surface area (TPSA) is 57.7 Å². The number of hydrogen-bond donors (Lipinski definition) is 0. The van der Waals surface area contributed by atoms with Gasteiger partial charge in [0.2, 0.25) is 0 Å². The number of rotatable bonds is 7. The highest BCUT2D eigenvalue weighted by molar-refractivity contribution is 6.29. The Bertz CT molecular complexity index is 713. The van der Waals surface area contributed by atoms with Crippen molar-refractivity contribution < 1.29 is 19.0 Å². The van der Waals surface area contributed by atoms with Gasteiger partial charge in [0.15, 0.2) is 11.5 Å².